The maximum Gasteiger partial charge on any atom is 0.222 e. The summed E-state index contributed by atoms with van der Waals surface area (Å²) in [6, 6.07) is 9.94. The monoisotopic (exact) mass is 722 g/mol. The lowest BCUT2D eigenvalue weighted by Crippen LogP contribution is -2.16. The van der Waals surface area contributed by atoms with Gasteiger partial charge in [-0.25, -0.2) is 9.97 Å². The third-order valence-corrected chi connectivity index (χ3v) is 9.09. The summed E-state index contributed by atoms with van der Waals surface area (Å²) < 4.78 is 26.9. The fraction of sp³-hybridized carbons (Fsp3) is 0.405. The van der Waals surface area contributed by atoms with Crippen LogP contribution in [0.4, 0.5) is 23.5 Å². The number of nitrogens with zero attached hydrogens (tertiary/aromatic N) is 8. The first kappa shape index (κ1) is 35.7. The lowest BCUT2D eigenvalue weighted by atomic mass is 10.1. The number of aryl methyl sites for hydroxylation is 1. The fourth-order valence-electron chi connectivity index (χ4n) is 6.55. The van der Waals surface area contributed by atoms with Gasteiger partial charge in [0.15, 0.2) is 23.1 Å². The number of anilines is 4. The van der Waals surface area contributed by atoms with Crippen molar-refractivity contribution in [3.63, 3.8) is 0 Å². The van der Waals surface area contributed by atoms with Crippen LogP contribution in [0.5, 0.6) is 11.5 Å². The molecule has 16 heteroatoms. The van der Waals surface area contributed by atoms with Crippen LogP contribution in [-0.4, -0.2) is 91.8 Å². The summed E-state index contributed by atoms with van der Waals surface area (Å²) >= 11 is 0. The van der Waals surface area contributed by atoms with Crippen molar-refractivity contribution in [1.29, 1.82) is 0 Å². The minimum atomic E-state index is -0.00877. The van der Waals surface area contributed by atoms with Gasteiger partial charge in [0, 0.05) is 50.8 Å². The standard InChI is InChI=1S/C37H46N12O4/c1-3-51-18-14-42-35-33-28(45-37(39)47-35)10-16-49(33)22-29-24(8-6-13-40-29)7-4-5-12-41-34-32-27(44-36(38)46-34)9-15-48(32)21-25-19-30(31(50-2)20-43-25)53-26-11-17-52-23-26/h6,8-10,13,15-16,19-20,26H,3-5,7,11-12,14,17-18,21-23H2,1-2H3,(H3,38,41,44,46)(H3,39,42,45,47). The van der Waals surface area contributed by atoms with Crippen molar-refractivity contribution >= 4 is 45.6 Å². The quantitative estimate of drug-likeness (QED) is 0.0916. The molecule has 278 valence electrons. The number of unbranched alkanes of at least 4 members (excludes halogenated alkanes) is 1. The summed E-state index contributed by atoms with van der Waals surface area (Å²) in [6.45, 7) is 6.82. The van der Waals surface area contributed by atoms with Crippen molar-refractivity contribution in [1.82, 2.24) is 39.0 Å². The molecule has 0 bridgehead atoms. The van der Waals surface area contributed by atoms with Gasteiger partial charge < -0.3 is 50.2 Å². The predicted octanol–water partition coefficient (Wildman–Crippen LogP) is 4.29. The number of aromatic nitrogens is 8. The summed E-state index contributed by atoms with van der Waals surface area (Å²) in [5.41, 5.74) is 18.4. The molecule has 0 saturated carbocycles. The topological polar surface area (TPSA) is 200 Å². The highest BCUT2D eigenvalue weighted by Crippen LogP contribution is 2.31. The van der Waals surface area contributed by atoms with Gasteiger partial charge in [0.25, 0.3) is 0 Å². The Labute approximate surface area is 307 Å². The van der Waals surface area contributed by atoms with Crippen LogP contribution in [0.2, 0.25) is 0 Å². The van der Waals surface area contributed by atoms with Crippen LogP contribution in [0, 0.1) is 0 Å². The highest BCUT2D eigenvalue weighted by atomic mass is 16.6. The Bertz CT molecular complexity index is 2150. The molecule has 7 heterocycles. The Morgan fingerprint density at radius 3 is 2.32 bits per heavy atom. The third-order valence-electron chi connectivity index (χ3n) is 9.09. The number of nitrogens with two attached hydrogens (primary N) is 2. The third kappa shape index (κ3) is 8.50. The second kappa shape index (κ2) is 16.7. The van der Waals surface area contributed by atoms with Gasteiger partial charge in [0.05, 0.1) is 68.6 Å². The maximum atomic E-state index is 6.20. The number of rotatable bonds is 18. The summed E-state index contributed by atoms with van der Waals surface area (Å²) in [5, 5.41) is 6.88. The molecule has 1 unspecified atom stereocenters. The molecule has 1 aliphatic heterocycles. The molecule has 16 nitrogen and oxygen atoms in total. The van der Waals surface area contributed by atoms with Crippen LogP contribution in [-0.2, 0) is 29.0 Å². The normalized spacial score (nSPS) is 14.3. The Hall–Kier alpha value is -5.74. The minimum Gasteiger partial charge on any atom is -0.491 e. The first-order valence-electron chi connectivity index (χ1n) is 18.0. The molecule has 6 aromatic heterocycles. The van der Waals surface area contributed by atoms with E-state index in [9.17, 15) is 0 Å². The van der Waals surface area contributed by atoms with E-state index in [0.717, 1.165) is 59.1 Å². The minimum absolute atomic E-state index is 0.00877. The molecule has 0 spiro atoms. The predicted molar refractivity (Wildman–Crippen MR) is 203 cm³/mol. The molecule has 6 N–H and O–H groups in total. The zero-order chi connectivity index (χ0) is 36.6. The second-order valence-electron chi connectivity index (χ2n) is 12.8. The van der Waals surface area contributed by atoms with Crippen LogP contribution < -0.4 is 31.6 Å². The van der Waals surface area contributed by atoms with E-state index in [1.807, 2.05) is 49.8 Å². The SMILES string of the molecule is CCOCCNc1nc(N)nc2ccn(Cc3ncccc3CCCCNc3nc(N)nc4ccn(Cc5cc(OC6CCOC6)c(OC)cn5)c34)c12. The Balaban J connectivity index is 0.996. The van der Waals surface area contributed by atoms with E-state index in [-0.39, 0.29) is 18.0 Å². The molecule has 1 fully saturated rings. The van der Waals surface area contributed by atoms with E-state index in [4.69, 9.17) is 35.4 Å². The number of methoxy groups -OCH3 is 1. The van der Waals surface area contributed by atoms with Gasteiger partial charge in [-0.05, 0) is 49.9 Å². The molecule has 0 aliphatic carbocycles. The number of pyridine rings is 2. The van der Waals surface area contributed by atoms with Crippen molar-refractivity contribution in [2.75, 3.05) is 68.7 Å². The summed E-state index contributed by atoms with van der Waals surface area (Å²) in [4.78, 5) is 27.4. The van der Waals surface area contributed by atoms with Crippen molar-refractivity contribution in [3.05, 3.63) is 72.1 Å². The molecule has 1 atom stereocenters. The van der Waals surface area contributed by atoms with Gasteiger partial charge in [-0.1, -0.05) is 6.07 Å². The molecule has 7 rings (SSSR count). The smallest absolute Gasteiger partial charge is 0.222 e. The first-order valence-corrected chi connectivity index (χ1v) is 18.0. The second-order valence-corrected chi connectivity index (χ2v) is 12.8. The number of nitrogens with one attached hydrogen (secondary N) is 2. The molecule has 1 aliphatic rings. The Morgan fingerprint density at radius 2 is 1.62 bits per heavy atom. The van der Waals surface area contributed by atoms with Crippen LogP contribution in [0.1, 0.15) is 43.1 Å². The zero-order valence-corrected chi connectivity index (χ0v) is 30.1. The average Bonchev–Trinajstić information content (AvgIpc) is 3.92. The van der Waals surface area contributed by atoms with E-state index in [0.29, 0.717) is 75.7 Å². The first-order chi connectivity index (χ1) is 26.0. The molecular weight excluding hydrogens is 676 g/mol. The molecular formula is C37H46N12O4. The molecule has 6 aromatic rings. The summed E-state index contributed by atoms with van der Waals surface area (Å²) in [6.07, 6.45) is 11.0. The average molecular weight is 723 g/mol. The zero-order valence-electron chi connectivity index (χ0n) is 30.1. The highest BCUT2D eigenvalue weighted by molar-refractivity contribution is 5.88. The lowest BCUT2D eigenvalue weighted by Gasteiger charge is -2.16. The Kier molecular flexibility index (Phi) is 11.3. The molecule has 0 radical (unpaired) electrons. The lowest BCUT2D eigenvalue weighted by molar-refractivity contribution is 0.138. The van der Waals surface area contributed by atoms with Gasteiger partial charge in [-0.2, -0.15) is 9.97 Å². The number of hydrogen-bond acceptors (Lipinski definition) is 14. The number of hydrogen-bond donors (Lipinski definition) is 4. The molecule has 0 amide bonds. The molecule has 0 aromatic carbocycles. The highest BCUT2D eigenvalue weighted by Gasteiger charge is 2.20. The van der Waals surface area contributed by atoms with Crippen LogP contribution in [0.3, 0.4) is 0 Å². The number of fused-ring (bicyclic) bond motifs is 2. The van der Waals surface area contributed by atoms with Gasteiger partial charge in [-0.3, -0.25) is 9.97 Å². The van der Waals surface area contributed by atoms with Crippen LogP contribution >= 0.6 is 0 Å². The van der Waals surface area contributed by atoms with Gasteiger partial charge in [0.1, 0.15) is 17.1 Å². The van der Waals surface area contributed by atoms with E-state index >= 15 is 0 Å². The molecule has 53 heavy (non-hydrogen) atoms. The van der Waals surface area contributed by atoms with Gasteiger partial charge in [-0.15, -0.1) is 0 Å². The van der Waals surface area contributed by atoms with Crippen molar-refractivity contribution < 1.29 is 18.9 Å². The van der Waals surface area contributed by atoms with Crippen molar-refractivity contribution in [2.24, 2.45) is 0 Å². The van der Waals surface area contributed by atoms with E-state index in [1.165, 1.54) is 5.56 Å². The largest absolute Gasteiger partial charge is 0.491 e. The van der Waals surface area contributed by atoms with Crippen molar-refractivity contribution in [3.8, 4) is 11.5 Å². The van der Waals surface area contributed by atoms with Gasteiger partial charge >= 0.3 is 0 Å². The van der Waals surface area contributed by atoms with Crippen molar-refractivity contribution in [2.45, 2.75) is 51.8 Å². The summed E-state index contributed by atoms with van der Waals surface area (Å²) in [7, 11) is 1.61. The summed E-state index contributed by atoms with van der Waals surface area (Å²) in [5.74, 6) is 3.04. The Morgan fingerprint density at radius 1 is 0.887 bits per heavy atom. The van der Waals surface area contributed by atoms with E-state index in [1.54, 1.807) is 13.3 Å². The van der Waals surface area contributed by atoms with Gasteiger partial charge in [0.2, 0.25) is 11.9 Å². The van der Waals surface area contributed by atoms with E-state index < -0.39 is 0 Å². The van der Waals surface area contributed by atoms with Crippen LogP contribution in [0.15, 0.2) is 55.1 Å². The number of nitrogen functional groups attached to an aromatic ring is 2. The maximum absolute atomic E-state index is 6.20. The fourth-order valence-corrected chi connectivity index (χ4v) is 6.55. The van der Waals surface area contributed by atoms with Crippen LogP contribution in [0.25, 0.3) is 22.1 Å². The van der Waals surface area contributed by atoms with E-state index in [2.05, 4.69) is 50.8 Å². The molecule has 1 saturated heterocycles. The number of ether oxygens (including phenoxy) is 4.